The van der Waals surface area contributed by atoms with Crippen molar-refractivity contribution in [2.24, 2.45) is 0 Å². The summed E-state index contributed by atoms with van der Waals surface area (Å²) in [5, 5.41) is 12.7. The summed E-state index contributed by atoms with van der Waals surface area (Å²) in [6, 6.07) is 20.4. The molecule has 0 aliphatic rings. The molecule has 0 heterocycles. The molecular weight excluding hydrogens is 431 g/mol. The molecule has 0 atom stereocenters. The van der Waals surface area contributed by atoms with Gasteiger partial charge < -0.3 is 10.1 Å². The van der Waals surface area contributed by atoms with Crippen LogP contribution < -0.4 is 10.1 Å². The molecule has 3 aromatic rings. The fourth-order valence-corrected chi connectivity index (χ4v) is 3.49. The summed E-state index contributed by atoms with van der Waals surface area (Å²) in [6.07, 6.45) is 1.44. The Kier molecular flexibility index (Phi) is 7.36. The molecule has 1 N–H and O–H groups in total. The lowest BCUT2D eigenvalue weighted by Gasteiger charge is -2.11. The van der Waals surface area contributed by atoms with Gasteiger partial charge in [0.15, 0.2) is 5.75 Å². The Hall–Kier alpha value is -3.26. The number of nitrogens with one attached hydrogen (secondary N) is 1. The fraction of sp³-hybridized carbons (Fsp3) is 0.120. The summed E-state index contributed by atoms with van der Waals surface area (Å²) >= 11 is 12.7. The summed E-state index contributed by atoms with van der Waals surface area (Å²) in [7, 11) is 0. The van der Waals surface area contributed by atoms with Gasteiger partial charge in [0.1, 0.15) is 18.2 Å². The maximum Gasteiger partial charge on any atom is 0.266 e. The van der Waals surface area contributed by atoms with E-state index in [0.29, 0.717) is 33.7 Å². The molecule has 0 bridgehead atoms. The Morgan fingerprint density at radius 2 is 1.71 bits per heavy atom. The third-order valence-electron chi connectivity index (χ3n) is 4.48. The number of hydrogen-bond donors (Lipinski definition) is 1. The molecule has 0 saturated carbocycles. The summed E-state index contributed by atoms with van der Waals surface area (Å²) in [5.41, 5.74) is 4.22. The molecule has 0 saturated heterocycles. The molecule has 0 aliphatic heterocycles. The number of benzene rings is 3. The first-order chi connectivity index (χ1) is 14.9. The highest BCUT2D eigenvalue weighted by Crippen LogP contribution is 2.35. The number of anilines is 1. The zero-order valence-corrected chi connectivity index (χ0v) is 18.6. The molecule has 0 radical (unpaired) electrons. The Morgan fingerprint density at radius 3 is 2.32 bits per heavy atom. The monoisotopic (exact) mass is 450 g/mol. The highest BCUT2D eigenvalue weighted by Gasteiger charge is 2.13. The second-order valence-electron chi connectivity index (χ2n) is 7.08. The Labute approximate surface area is 191 Å². The van der Waals surface area contributed by atoms with Gasteiger partial charge in [-0.05, 0) is 60.9 Å². The lowest BCUT2D eigenvalue weighted by atomic mass is 10.1. The van der Waals surface area contributed by atoms with E-state index in [2.05, 4.69) is 5.32 Å². The molecular formula is C25H20Cl2N2O2. The number of amides is 1. The number of nitriles is 1. The average Bonchev–Trinajstić information content (AvgIpc) is 2.72. The van der Waals surface area contributed by atoms with Crippen LogP contribution in [0.25, 0.3) is 6.08 Å². The number of nitrogens with zero attached hydrogens (tertiary/aromatic N) is 1. The van der Waals surface area contributed by atoms with Gasteiger partial charge in [-0.15, -0.1) is 0 Å². The highest BCUT2D eigenvalue weighted by molar-refractivity contribution is 6.37. The fourth-order valence-electron chi connectivity index (χ4n) is 2.88. The first-order valence-electron chi connectivity index (χ1n) is 9.53. The maximum absolute atomic E-state index is 12.5. The predicted molar refractivity (Wildman–Crippen MR) is 125 cm³/mol. The van der Waals surface area contributed by atoms with Crippen LogP contribution in [0.5, 0.6) is 5.75 Å². The number of carbonyl (C=O) groups excluding carboxylic acids is 1. The second-order valence-corrected chi connectivity index (χ2v) is 7.90. The van der Waals surface area contributed by atoms with Gasteiger partial charge in [0, 0.05) is 5.69 Å². The van der Waals surface area contributed by atoms with Crippen LogP contribution in [0.15, 0.2) is 66.2 Å². The maximum atomic E-state index is 12.5. The lowest BCUT2D eigenvalue weighted by molar-refractivity contribution is -0.112. The zero-order chi connectivity index (χ0) is 22.4. The molecule has 0 spiro atoms. The van der Waals surface area contributed by atoms with E-state index in [0.717, 1.165) is 16.7 Å². The van der Waals surface area contributed by atoms with Crippen molar-refractivity contribution in [1.29, 1.82) is 5.26 Å². The minimum Gasteiger partial charge on any atom is -0.486 e. The summed E-state index contributed by atoms with van der Waals surface area (Å²) < 4.78 is 5.79. The third-order valence-corrected chi connectivity index (χ3v) is 5.04. The van der Waals surface area contributed by atoms with Gasteiger partial charge in [-0.2, -0.15) is 5.26 Å². The van der Waals surface area contributed by atoms with E-state index < -0.39 is 5.91 Å². The first kappa shape index (κ1) is 22.4. The second kappa shape index (κ2) is 10.2. The topological polar surface area (TPSA) is 62.1 Å². The van der Waals surface area contributed by atoms with Crippen molar-refractivity contribution in [1.82, 2.24) is 0 Å². The van der Waals surface area contributed by atoms with Crippen LogP contribution in [0.3, 0.4) is 0 Å². The summed E-state index contributed by atoms with van der Waals surface area (Å²) in [4.78, 5) is 12.5. The molecule has 0 aliphatic carbocycles. The van der Waals surface area contributed by atoms with Crippen molar-refractivity contribution in [3.8, 4) is 11.8 Å². The molecule has 3 aromatic carbocycles. The van der Waals surface area contributed by atoms with E-state index in [1.165, 1.54) is 6.08 Å². The number of hydrogen-bond acceptors (Lipinski definition) is 3. The Balaban J connectivity index is 1.76. The smallest absolute Gasteiger partial charge is 0.266 e. The van der Waals surface area contributed by atoms with E-state index in [1.807, 2.05) is 62.4 Å². The van der Waals surface area contributed by atoms with Crippen molar-refractivity contribution in [3.63, 3.8) is 0 Å². The molecule has 3 rings (SSSR count). The molecule has 6 heteroatoms. The lowest BCUT2D eigenvalue weighted by Crippen LogP contribution is -2.13. The minimum absolute atomic E-state index is 0.0676. The molecule has 4 nitrogen and oxygen atoms in total. The molecule has 156 valence electrons. The van der Waals surface area contributed by atoms with E-state index in [9.17, 15) is 10.1 Å². The van der Waals surface area contributed by atoms with Gasteiger partial charge in [-0.25, -0.2) is 0 Å². The third kappa shape index (κ3) is 6.11. The molecule has 0 aromatic heterocycles. The van der Waals surface area contributed by atoms with Crippen molar-refractivity contribution >= 4 is 40.9 Å². The number of halogens is 2. The quantitative estimate of drug-likeness (QED) is 0.334. The van der Waals surface area contributed by atoms with Crippen LogP contribution in [0, 0.1) is 25.2 Å². The Morgan fingerprint density at radius 1 is 1.03 bits per heavy atom. The van der Waals surface area contributed by atoms with Gasteiger partial charge in [-0.1, -0.05) is 65.2 Å². The van der Waals surface area contributed by atoms with Gasteiger partial charge in [0.25, 0.3) is 5.91 Å². The summed E-state index contributed by atoms with van der Waals surface area (Å²) in [6.45, 7) is 4.25. The van der Waals surface area contributed by atoms with Crippen LogP contribution in [0.1, 0.15) is 22.3 Å². The van der Waals surface area contributed by atoms with Gasteiger partial charge >= 0.3 is 0 Å². The minimum atomic E-state index is -0.514. The van der Waals surface area contributed by atoms with Crippen LogP contribution in [-0.4, -0.2) is 5.91 Å². The van der Waals surface area contributed by atoms with Gasteiger partial charge in [0.05, 0.1) is 10.0 Å². The number of rotatable bonds is 6. The molecule has 0 fully saturated rings. The standard InChI is InChI=1S/C25H20Cl2N2O2/c1-16-6-8-18(9-7-16)15-31-24-22(26)12-19(13-23(24)27)11-20(14-28)25(30)29-21-5-3-4-17(2)10-21/h3-13H,15H2,1-2H3,(H,29,30)/b20-11-. The first-order valence-corrected chi connectivity index (χ1v) is 10.3. The van der Waals surface area contributed by atoms with Crippen molar-refractivity contribution < 1.29 is 9.53 Å². The van der Waals surface area contributed by atoms with Crippen LogP contribution >= 0.6 is 23.2 Å². The van der Waals surface area contributed by atoms with Crippen LogP contribution in [0.4, 0.5) is 5.69 Å². The molecule has 31 heavy (non-hydrogen) atoms. The van der Waals surface area contributed by atoms with E-state index >= 15 is 0 Å². The van der Waals surface area contributed by atoms with Crippen molar-refractivity contribution in [3.05, 3.63) is 98.5 Å². The van der Waals surface area contributed by atoms with Gasteiger partial charge in [-0.3, -0.25) is 4.79 Å². The van der Waals surface area contributed by atoms with Crippen molar-refractivity contribution in [2.75, 3.05) is 5.32 Å². The largest absolute Gasteiger partial charge is 0.486 e. The zero-order valence-electron chi connectivity index (χ0n) is 17.1. The normalized spacial score (nSPS) is 11.0. The van der Waals surface area contributed by atoms with Crippen LogP contribution in [0.2, 0.25) is 10.0 Å². The average molecular weight is 451 g/mol. The van der Waals surface area contributed by atoms with Crippen LogP contribution in [-0.2, 0) is 11.4 Å². The van der Waals surface area contributed by atoms with E-state index in [1.54, 1.807) is 18.2 Å². The number of aryl methyl sites for hydroxylation is 2. The molecule has 1 amide bonds. The summed E-state index contributed by atoms with van der Waals surface area (Å²) in [5.74, 6) is -0.163. The highest BCUT2D eigenvalue weighted by atomic mass is 35.5. The molecule has 0 unspecified atom stereocenters. The van der Waals surface area contributed by atoms with Crippen molar-refractivity contribution in [2.45, 2.75) is 20.5 Å². The Bertz CT molecular complexity index is 1160. The van der Waals surface area contributed by atoms with E-state index in [4.69, 9.17) is 27.9 Å². The number of ether oxygens (including phenoxy) is 1. The number of carbonyl (C=O) groups is 1. The SMILES string of the molecule is Cc1ccc(COc2c(Cl)cc(/C=C(/C#N)C(=O)Nc3cccc(C)c3)cc2Cl)cc1. The van der Waals surface area contributed by atoms with E-state index in [-0.39, 0.29) is 5.57 Å². The predicted octanol–water partition coefficient (Wildman–Crippen LogP) is 6.73. The van der Waals surface area contributed by atoms with Gasteiger partial charge in [0.2, 0.25) is 0 Å².